The number of ether oxygens (including phenoxy) is 1. The van der Waals surface area contributed by atoms with Gasteiger partial charge in [0.15, 0.2) is 0 Å². The second kappa shape index (κ2) is 9.71. The molecule has 1 unspecified atom stereocenters. The van der Waals surface area contributed by atoms with Gasteiger partial charge in [0.2, 0.25) is 0 Å². The van der Waals surface area contributed by atoms with Crippen LogP contribution in [0, 0.1) is 11.8 Å². The molecule has 0 aromatic heterocycles. The van der Waals surface area contributed by atoms with Gasteiger partial charge in [-0.3, -0.25) is 19.8 Å². The van der Waals surface area contributed by atoms with Crippen LogP contribution in [-0.2, 0) is 19.1 Å². The normalized spacial score (nSPS) is 20.4. The van der Waals surface area contributed by atoms with Gasteiger partial charge in [-0.15, -0.1) is 0 Å². The summed E-state index contributed by atoms with van der Waals surface area (Å²) in [6.45, 7) is 4.16. The van der Waals surface area contributed by atoms with E-state index in [0.717, 1.165) is 31.2 Å². The predicted molar refractivity (Wildman–Crippen MR) is 103 cm³/mol. The first-order valence-electron chi connectivity index (χ1n) is 9.15. The molecule has 1 aliphatic carbocycles. The molecule has 4 N–H and O–H groups in total. The number of carbonyl (C=O) groups excluding carboxylic acids is 3. The molecule has 1 saturated carbocycles. The van der Waals surface area contributed by atoms with Gasteiger partial charge in [0.1, 0.15) is 0 Å². The largest absolute Gasteiger partial charge is 0.466 e. The summed E-state index contributed by atoms with van der Waals surface area (Å²) >= 11 is 6.40. The average Bonchev–Trinajstić information content (AvgIpc) is 2.67. The fraction of sp³-hybridized carbons (Fsp3) is 0.526. The summed E-state index contributed by atoms with van der Waals surface area (Å²) in [7, 11) is 0. The van der Waals surface area contributed by atoms with Crippen molar-refractivity contribution in [1.29, 1.82) is 0 Å². The van der Waals surface area contributed by atoms with E-state index in [2.05, 4.69) is 5.32 Å². The van der Waals surface area contributed by atoms with Crippen molar-refractivity contribution in [3.05, 3.63) is 28.8 Å². The van der Waals surface area contributed by atoms with Gasteiger partial charge in [-0.1, -0.05) is 24.6 Å². The van der Waals surface area contributed by atoms with Crippen LogP contribution in [0.15, 0.2) is 18.2 Å². The lowest BCUT2D eigenvalue weighted by Crippen LogP contribution is -2.39. The van der Waals surface area contributed by atoms with Gasteiger partial charge in [-0.25, -0.2) is 5.84 Å². The third kappa shape index (κ3) is 5.43. The number of anilines is 1. The Kier molecular flexibility index (Phi) is 7.62. The van der Waals surface area contributed by atoms with Gasteiger partial charge in [-0.05, 0) is 62.1 Å². The van der Waals surface area contributed by atoms with Crippen LogP contribution in [0.4, 0.5) is 5.69 Å². The Bertz CT molecular complexity index is 702. The molecule has 148 valence electrons. The van der Waals surface area contributed by atoms with E-state index >= 15 is 0 Å². The molecule has 0 saturated heterocycles. The van der Waals surface area contributed by atoms with Crippen molar-refractivity contribution in [2.24, 2.45) is 17.7 Å². The number of halogens is 1. The van der Waals surface area contributed by atoms with Crippen molar-refractivity contribution in [1.82, 2.24) is 5.43 Å². The van der Waals surface area contributed by atoms with E-state index < -0.39 is 11.8 Å². The van der Waals surface area contributed by atoms with Gasteiger partial charge in [0.05, 0.1) is 12.5 Å². The fourth-order valence-corrected chi connectivity index (χ4v) is 3.92. The van der Waals surface area contributed by atoms with Gasteiger partial charge in [-0.2, -0.15) is 0 Å². The van der Waals surface area contributed by atoms with Crippen LogP contribution in [0.1, 0.15) is 51.0 Å². The van der Waals surface area contributed by atoms with Crippen LogP contribution in [0.5, 0.6) is 0 Å². The molecule has 1 aromatic carbocycles. The number of carbonyl (C=O) groups is 3. The number of nitrogens with two attached hydrogens (primary N) is 1. The Labute approximate surface area is 163 Å². The minimum Gasteiger partial charge on any atom is -0.466 e. The first kappa shape index (κ1) is 21.2. The maximum Gasteiger partial charge on any atom is 0.323 e. The van der Waals surface area contributed by atoms with Crippen molar-refractivity contribution in [3.63, 3.8) is 0 Å². The van der Waals surface area contributed by atoms with Gasteiger partial charge in [0, 0.05) is 10.7 Å². The van der Waals surface area contributed by atoms with Crippen molar-refractivity contribution in [2.75, 3.05) is 11.9 Å². The predicted octanol–water partition coefficient (Wildman–Crippen LogP) is 2.74. The monoisotopic (exact) mass is 395 g/mol. The molecule has 1 fully saturated rings. The van der Waals surface area contributed by atoms with Gasteiger partial charge < -0.3 is 10.1 Å². The average molecular weight is 396 g/mol. The Morgan fingerprint density at radius 1 is 1.22 bits per heavy atom. The second-order valence-corrected chi connectivity index (χ2v) is 7.22. The Morgan fingerprint density at radius 2 is 1.89 bits per heavy atom. The third-order valence-corrected chi connectivity index (χ3v) is 5.50. The minimum absolute atomic E-state index is 0.0901. The first-order chi connectivity index (χ1) is 12.9. The number of benzene rings is 1. The molecule has 8 heteroatoms. The number of hydrogen-bond donors (Lipinski definition) is 3. The first-order valence-corrected chi connectivity index (χ1v) is 9.53. The Hall–Kier alpha value is -2.12. The van der Waals surface area contributed by atoms with Crippen LogP contribution in [0.2, 0.25) is 5.02 Å². The Balaban J connectivity index is 1.97. The van der Waals surface area contributed by atoms with E-state index in [4.69, 9.17) is 22.2 Å². The summed E-state index contributed by atoms with van der Waals surface area (Å²) < 4.78 is 5.13. The number of esters is 1. The second-order valence-electron chi connectivity index (χ2n) is 6.82. The highest BCUT2D eigenvalue weighted by molar-refractivity contribution is 6.39. The van der Waals surface area contributed by atoms with Crippen LogP contribution in [0.3, 0.4) is 0 Å². The third-order valence-electron chi connectivity index (χ3n) is 5.17. The van der Waals surface area contributed by atoms with Crippen molar-refractivity contribution in [2.45, 2.75) is 45.4 Å². The summed E-state index contributed by atoms with van der Waals surface area (Å²) in [5.74, 6) is 3.57. The SMILES string of the molecule is CCOC(=O)C(C)[C@H]1CC[C@H](c2ccc(NC(=O)C(=O)NN)cc2Cl)CC1. The summed E-state index contributed by atoms with van der Waals surface area (Å²) in [5, 5.41) is 2.99. The molecule has 2 rings (SSSR count). The van der Waals surface area contributed by atoms with Crippen LogP contribution < -0.4 is 16.6 Å². The summed E-state index contributed by atoms with van der Waals surface area (Å²) in [5.41, 5.74) is 3.22. The standard InChI is InChI=1S/C19H26ClN3O4/c1-3-27-19(26)11(2)12-4-6-13(7-5-12)15-9-8-14(10-16(15)20)22-17(24)18(25)23-21/h8-13H,3-7,21H2,1-2H3,(H,22,24)(H,23,25)/t11?,12-,13-. The van der Waals surface area contributed by atoms with Crippen molar-refractivity contribution >= 4 is 35.1 Å². The molecule has 1 aromatic rings. The molecule has 7 nitrogen and oxygen atoms in total. The lowest BCUT2D eigenvalue weighted by Gasteiger charge is -2.32. The van der Waals surface area contributed by atoms with E-state index in [9.17, 15) is 14.4 Å². The number of hydrazine groups is 1. The zero-order valence-electron chi connectivity index (χ0n) is 15.6. The van der Waals surface area contributed by atoms with E-state index in [-0.39, 0.29) is 11.9 Å². The van der Waals surface area contributed by atoms with Crippen molar-refractivity contribution < 1.29 is 19.1 Å². The maximum atomic E-state index is 11.9. The molecule has 27 heavy (non-hydrogen) atoms. The molecule has 0 bridgehead atoms. The van der Waals surface area contributed by atoms with E-state index in [1.54, 1.807) is 17.6 Å². The van der Waals surface area contributed by atoms with E-state index in [0.29, 0.717) is 29.2 Å². The number of hydrogen-bond acceptors (Lipinski definition) is 5. The quantitative estimate of drug-likeness (QED) is 0.233. The highest BCUT2D eigenvalue weighted by Crippen LogP contribution is 2.41. The summed E-state index contributed by atoms with van der Waals surface area (Å²) in [6, 6.07) is 5.22. The van der Waals surface area contributed by atoms with E-state index in [1.165, 1.54) is 0 Å². The van der Waals surface area contributed by atoms with Crippen LogP contribution in [-0.4, -0.2) is 24.4 Å². The topological polar surface area (TPSA) is 111 Å². The number of amides is 2. The van der Waals surface area contributed by atoms with Gasteiger partial charge >= 0.3 is 17.8 Å². The molecular formula is C19H26ClN3O4. The highest BCUT2D eigenvalue weighted by atomic mass is 35.5. The zero-order chi connectivity index (χ0) is 20.0. The van der Waals surface area contributed by atoms with E-state index in [1.807, 2.05) is 19.9 Å². The molecule has 2 amide bonds. The molecular weight excluding hydrogens is 370 g/mol. The molecule has 0 spiro atoms. The fourth-order valence-electron chi connectivity index (χ4n) is 3.59. The Morgan fingerprint density at radius 3 is 2.44 bits per heavy atom. The van der Waals surface area contributed by atoms with Gasteiger partial charge in [0.25, 0.3) is 0 Å². The zero-order valence-corrected chi connectivity index (χ0v) is 16.3. The molecule has 0 heterocycles. The molecule has 0 aliphatic heterocycles. The van der Waals surface area contributed by atoms with Crippen molar-refractivity contribution in [3.8, 4) is 0 Å². The molecule has 0 radical (unpaired) electrons. The molecule has 1 aliphatic rings. The minimum atomic E-state index is -0.927. The molecule has 1 atom stereocenters. The lowest BCUT2D eigenvalue weighted by atomic mass is 9.74. The summed E-state index contributed by atoms with van der Waals surface area (Å²) in [6.07, 6.45) is 3.76. The lowest BCUT2D eigenvalue weighted by molar-refractivity contribution is -0.149. The summed E-state index contributed by atoms with van der Waals surface area (Å²) in [4.78, 5) is 34.7. The number of rotatable bonds is 5. The smallest absolute Gasteiger partial charge is 0.323 e. The number of nitrogens with one attached hydrogen (secondary N) is 2. The van der Waals surface area contributed by atoms with Crippen LogP contribution >= 0.6 is 11.6 Å². The highest BCUT2D eigenvalue weighted by Gasteiger charge is 2.31. The van der Waals surface area contributed by atoms with Crippen LogP contribution in [0.25, 0.3) is 0 Å². The maximum absolute atomic E-state index is 11.9.